The molecule has 0 unspecified atom stereocenters. The van der Waals surface area contributed by atoms with Gasteiger partial charge in [0.1, 0.15) is 6.33 Å². The summed E-state index contributed by atoms with van der Waals surface area (Å²) in [6, 6.07) is 7.22. The standard InChI is InChI=1S/C15H18ClN5O3/c1-2-20(7-8-22)15-13(21(23)24)14(18-10-19-15)17-9-11-5-3-4-6-12(11)16/h3-6,10,22H,2,7-9H2,1H3,(H,17,18,19). The minimum Gasteiger partial charge on any atom is -0.395 e. The van der Waals surface area contributed by atoms with Crippen LogP contribution in [0.4, 0.5) is 17.3 Å². The fourth-order valence-corrected chi connectivity index (χ4v) is 2.46. The third kappa shape index (κ3) is 4.09. The summed E-state index contributed by atoms with van der Waals surface area (Å²) in [6.45, 7) is 2.72. The van der Waals surface area contributed by atoms with Crippen LogP contribution in [0.1, 0.15) is 12.5 Å². The van der Waals surface area contributed by atoms with Gasteiger partial charge in [-0.15, -0.1) is 0 Å². The number of benzene rings is 1. The molecule has 8 nitrogen and oxygen atoms in total. The van der Waals surface area contributed by atoms with Gasteiger partial charge in [-0.2, -0.15) is 0 Å². The van der Waals surface area contributed by atoms with Gasteiger partial charge < -0.3 is 15.3 Å². The Hall–Kier alpha value is -2.45. The van der Waals surface area contributed by atoms with E-state index < -0.39 is 4.92 Å². The molecule has 0 aliphatic carbocycles. The Morgan fingerprint density at radius 2 is 2.12 bits per heavy atom. The molecule has 2 aromatic rings. The van der Waals surface area contributed by atoms with Crippen molar-refractivity contribution >= 4 is 28.9 Å². The molecule has 2 N–H and O–H groups in total. The van der Waals surface area contributed by atoms with E-state index in [4.69, 9.17) is 16.7 Å². The van der Waals surface area contributed by atoms with Crippen molar-refractivity contribution in [2.75, 3.05) is 29.9 Å². The van der Waals surface area contributed by atoms with Crippen molar-refractivity contribution in [3.63, 3.8) is 0 Å². The summed E-state index contributed by atoms with van der Waals surface area (Å²) in [6.07, 6.45) is 1.26. The topological polar surface area (TPSA) is 104 Å². The molecule has 0 radical (unpaired) electrons. The fraction of sp³-hybridized carbons (Fsp3) is 0.333. The van der Waals surface area contributed by atoms with E-state index in [1.54, 1.807) is 11.0 Å². The first-order valence-electron chi connectivity index (χ1n) is 7.41. The van der Waals surface area contributed by atoms with E-state index in [9.17, 15) is 10.1 Å². The molecule has 0 aliphatic rings. The quantitative estimate of drug-likeness (QED) is 0.556. The predicted octanol–water partition coefficient (Wildman–Crippen LogP) is 2.47. The van der Waals surface area contributed by atoms with Crippen molar-refractivity contribution in [2.24, 2.45) is 0 Å². The molecular formula is C15H18ClN5O3. The molecule has 1 heterocycles. The maximum atomic E-state index is 11.5. The zero-order chi connectivity index (χ0) is 17.5. The van der Waals surface area contributed by atoms with Gasteiger partial charge in [-0.1, -0.05) is 29.8 Å². The highest BCUT2D eigenvalue weighted by molar-refractivity contribution is 6.31. The second-order valence-electron chi connectivity index (χ2n) is 4.90. The summed E-state index contributed by atoms with van der Waals surface area (Å²) in [5.74, 6) is 0.287. The van der Waals surface area contributed by atoms with Crippen LogP contribution in [-0.4, -0.2) is 39.7 Å². The number of nitrogens with one attached hydrogen (secondary N) is 1. The lowest BCUT2D eigenvalue weighted by molar-refractivity contribution is -0.383. The lowest BCUT2D eigenvalue weighted by Gasteiger charge is -2.21. The SMILES string of the molecule is CCN(CCO)c1ncnc(NCc2ccccc2Cl)c1[N+](=O)[O-]. The number of nitro groups is 1. The van der Waals surface area contributed by atoms with Gasteiger partial charge in [0.05, 0.1) is 11.5 Å². The molecule has 0 atom stereocenters. The third-order valence-electron chi connectivity index (χ3n) is 3.44. The van der Waals surface area contributed by atoms with Crippen molar-refractivity contribution in [1.82, 2.24) is 9.97 Å². The summed E-state index contributed by atoms with van der Waals surface area (Å²) in [5, 5.41) is 24.2. The first-order chi connectivity index (χ1) is 11.6. The first kappa shape index (κ1) is 17.9. The van der Waals surface area contributed by atoms with E-state index in [1.165, 1.54) is 6.33 Å². The van der Waals surface area contributed by atoms with Gasteiger partial charge in [0.25, 0.3) is 0 Å². The summed E-state index contributed by atoms with van der Waals surface area (Å²) in [4.78, 5) is 20.6. The molecule has 1 aromatic carbocycles. The largest absolute Gasteiger partial charge is 0.395 e. The van der Waals surface area contributed by atoms with Gasteiger partial charge in [0, 0.05) is 24.7 Å². The lowest BCUT2D eigenvalue weighted by Crippen LogP contribution is -2.28. The molecule has 0 spiro atoms. The minimum absolute atomic E-state index is 0.112. The first-order valence-corrected chi connectivity index (χ1v) is 7.78. The minimum atomic E-state index is -0.524. The highest BCUT2D eigenvalue weighted by Gasteiger charge is 2.26. The van der Waals surface area contributed by atoms with Crippen molar-refractivity contribution in [3.05, 3.63) is 51.3 Å². The van der Waals surface area contributed by atoms with E-state index in [1.807, 2.05) is 25.1 Å². The number of aliphatic hydroxyl groups excluding tert-OH is 1. The summed E-state index contributed by atoms with van der Waals surface area (Å²) in [7, 11) is 0. The molecule has 24 heavy (non-hydrogen) atoms. The number of aliphatic hydroxyl groups is 1. The smallest absolute Gasteiger partial charge is 0.353 e. The number of anilines is 2. The molecule has 2 rings (SSSR count). The number of likely N-dealkylation sites (N-methyl/N-ethyl adjacent to an activating group) is 1. The number of hydrogen-bond donors (Lipinski definition) is 2. The van der Waals surface area contributed by atoms with E-state index in [2.05, 4.69) is 15.3 Å². The molecule has 0 saturated carbocycles. The van der Waals surface area contributed by atoms with Gasteiger partial charge >= 0.3 is 5.69 Å². The fourth-order valence-electron chi connectivity index (χ4n) is 2.25. The molecule has 0 bridgehead atoms. The number of aromatic nitrogens is 2. The van der Waals surface area contributed by atoms with Crippen LogP contribution >= 0.6 is 11.6 Å². The Labute approximate surface area is 144 Å². The molecule has 0 saturated heterocycles. The molecule has 9 heteroatoms. The predicted molar refractivity (Wildman–Crippen MR) is 92.4 cm³/mol. The van der Waals surface area contributed by atoms with Crippen LogP contribution in [0.25, 0.3) is 0 Å². The van der Waals surface area contributed by atoms with Crippen molar-refractivity contribution in [2.45, 2.75) is 13.5 Å². The molecule has 0 amide bonds. The van der Waals surface area contributed by atoms with Crippen LogP contribution in [0.2, 0.25) is 5.02 Å². The second-order valence-corrected chi connectivity index (χ2v) is 5.31. The Bertz CT molecular complexity index is 713. The number of nitrogens with zero attached hydrogens (tertiary/aromatic N) is 4. The average molecular weight is 352 g/mol. The lowest BCUT2D eigenvalue weighted by atomic mass is 10.2. The zero-order valence-corrected chi connectivity index (χ0v) is 13.9. The van der Waals surface area contributed by atoms with Crippen LogP contribution in [0.3, 0.4) is 0 Å². The normalized spacial score (nSPS) is 10.5. The number of rotatable bonds is 8. The Morgan fingerprint density at radius 3 is 2.75 bits per heavy atom. The Morgan fingerprint density at radius 1 is 1.38 bits per heavy atom. The summed E-state index contributed by atoms with van der Waals surface area (Å²) < 4.78 is 0. The molecule has 0 aliphatic heterocycles. The molecule has 128 valence electrons. The van der Waals surface area contributed by atoms with Crippen LogP contribution in [0.15, 0.2) is 30.6 Å². The van der Waals surface area contributed by atoms with E-state index in [-0.39, 0.29) is 30.5 Å². The highest BCUT2D eigenvalue weighted by atomic mass is 35.5. The van der Waals surface area contributed by atoms with Crippen molar-refractivity contribution < 1.29 is 10.0 Å². The van der Waals surface area contributed by atoms with Crippen LogP contribution in [0, 0.1) is 10.1 Å². The van der Waals surface area contributed by atoms with Crippen molar-refractivity contribution in [1.29, 1.82) is 0 Å². The van der Waals surface area contributed by atoms with E-state index in [0.717, 1.165) is 5.56 Å². The highest BCUT2D eigenvalue weighted by Crippen LogP contribution is 2.32. The van der Waals surface area contributed by atoms with Gasteiger partial charge in [0.15, 0.2) is 0 Å². The van der Waals surface area contributed by atoms with Crippen LogP contribution in [-0.2, 0) is 6.54 Å². The van der Waals surface area contributed by atoms with Crippen LogP contribution in [0.5, 0.6) is 0 Å². The van der Waals surface area contributed by atoms with E-state index in [0.29, 0.717) is 18.1 Å². The zero-order valence-electron chi connectivity index (χ0n) is 13.1. The maximum Gasteiger partial charge on any atom is 0.353 e. The molecule has 1 aromatic heterocycles. The van der Waals surface area contributed by atoms with Gasteiger partial charge in [-0.25, -0.2) is 9.97 Å². The van der Waals surface area contributed by atoms with Gasteiger partial charge in [-0.3, -0.25) is 10.1 Å². The van der Waals surface area contributed by atoms with Gasteiger partial charge in [-0.05, 0) is 18.6 Å². The third-order valence-corrected chi connectivity index (χ3v) is 3.81. The Balaban J connectivity index is 2.32. The Kier molecular flexibility index (Phi) is 6.28. The molecule has 0 fully saturated rings. The average Bonchev–Trinajstić information content (AvgIpc) is 2.58. The number of hydrogen-bond acceptors (Lipinski definition) is 7. The van der Waals surface area contributed by atoms with E-state index >= 15 is 0 Å². The van der Waals surface area contributed by atoms with Gasteiger partial charge in [0.2, 0.25) is 11.6 Å². The monoisotopic (exact) mass is 351 g/mol. The molecular weight excluding hydrogens is 334 g/mol. The number of halogens is 1. The van der Waals surface area contributed by atoms with Crippen molar-refractivity contribution in [3.8, 4) is 0 Å². The van der Waals surface area contributed by atoms with Crippen LogP contribution < -0.4 is 10.2 Å². The maximum absolute atomic E-state index is 11.5. The summed E-state index contributed by atoms with van der Waals surface area (Å²) >= 11 is 6.10. The summed E-state index contributed by atoms with van der Waals surface area (Å²) in [5.41, 5.74) is 0.580. The second kappa shape index (κ2) is 8.42.